The van der Waals surface area contributed by atoms with Crippen LogP contribution in [0.1, 0.15) is 16.1 Å². The van der Waals surface area contributed by atoms with Crippen LogP contribution < -0.4 is 5.32 Å². The van der Waals surface area contributed by atoms with Crippen molar-refractivity contribution in [1.82, 2.24) is 9.78 Å². The molecule has 0 saturated carbocycles. The molecule has 1 N–H and O–H groups in total. The third kappa shape index (κ3) is 3.57. The van der Waals surface area contributed by atoms with E-state index < -0.39 is 40.8 Å². The van der Waals surface area contributed by atoms with Gasteiger partial charge in [0.25, 0.3) is 5.91 Å². The summed E-state index contributed by atoms with van der Waals surface area (Å²) < 4.78 is 80.8. The van der Waals surface area contributed by atoms with Crippen molar-refractivity contribution in [2.75, 3.05) is 5.32 Å². The van der Waals surface area contributed by atoms with Crippen LogP contribution in [0.5, 0.6) is 0 Å². The minimum absolute atomic E-state index is 0.0373. The van der Waals surface area contributed by atoms with Crippen molar-refractivity contribution in [3.8, 4) is 11.1 Å². The number of para-hydroxylation sites is 1. The first-order valence-corrected chi connectivity index (χ1v) is 7.74. The Hall–Kier alpha value is -3.30. The maximum absolute atomic E-state index is 14.1. The number of benzene rings is 2. The lowest BCUT2D eigenvalue weighted by Crippen LogP contribution is -2.18. The summed E-state index contributed by atoms with van der Waals surface area (Å²) in [5, 5.41) is 5.48. The number of aromatic nitrogens is 2. The van der Waals surface area contributed by atoms with Gasteiger partial charge in [-0.15, -0.1) is 0 Å². The van der Waals surface area contributed by atoms with Crippen molar-refractivity contribution >= 4 is 11.6 Å². The number of alkyl halides is 3. The molecule has 0 aliphatic carbocycles. The normalized spacial score (nSPS) is 11.5. The van der Waals surface area contributed by atoms with Crippen LogP contribution in [0.3, 0.4) is 0 Å². The van der Waals surface area contributed by atoms with Gasteiger partial charge in [-0.2, -0.15) is 18.3 Å². The smallest absolute Gasteiger partial charge is 0.321 e. The highest BCUT2D eigenvalue weighted by molar-refractivity contribution is 6.07. The van der Waals surface area contributed by atoms with Crippen LogP contribution in [0.15, 0.2) is 42.6 Å². The molecule has 28 heavy (non-hydrogen) atoms. The van der Waals surface area contributed by atoms with Crippen LogP contribution in [0, 0.1) is 17.5 Å². The molecule has 0 bridgehead atoms. The molecule has 0 aliphatic heterocycles. The van der Waals surface area contributed by atoms with Gasteiger partial charge in [-0.1, -0.05) is 18.2 Å². The number of hydrogen-bond acceptors (Lipinski definition) is 2. The van der Waals surface area contributed by atoms with Crippen molar-refractivity contribution in [2.24, 2.45) is 7.05 Å². The van der Waals surface area contributed by atoms with Gasteiger partial charge in [0.15, 0.2) is 23.1 Å². The Morgan fingerprint density at radius 1 is 1.00 bits per heavy atom. The van der Waals surface area contributed by atoms with E-state index in [-0.39, 0.29) is 16.8 Å². The number of anilines is 1. The van der Waals surface area contributed by atoms with Gasteiger partial charge in [0.05, 0.1) is 5.56 Å². The minimum atomic E-state index is -4.86. The highest BCUT2D eigenvalue weighted by Crippen LogP contribution is 2.34. The quantitative estimate of drug-likeness (QED) is 0.509. The van der Waals surface area contributed by atoms with Gasteiger partial charge in [-0.25, -0.2) is 13.2 Å². The lowest BCUT2D eigenvalue weighted by atomic mass is 10.0. The zero-order valence-corrected chi connectivity index (χ0v) is 14.1. The second kappa shape index (κ2) is 7.02. The average molecular weight is 399 g/mol. The third-order valence-electron chi connectivity index (χ3n) is 3.84. The molecule has 0 unspecified atom stereocenters. The molecule has 3 rings (SSSR count). The molecule has 1 heterocycles. The van der Waals surface area contributed by atoms with Crippen LogP contribution in [0.4, 0.5) is 32.0 Å². The molecule has 0 saturated heterocycles. The lowest BCUT2D eigenvalue weighted by molar-refractivity contribution is -0.141. The Bertz CT molecular complexity index is 1060. The molecule has 1 amide bonds. The van der Waals surface area contributed by atoms with E-state index in [4.69, 9.17) is 0 Å². The van der Waals surface area contributed by atoms with Crippen LogP contribution in [0.2, 0.25) is 0 Å². The zero-order chi connectivity index (χ0) is 20.6. The first kappa shape index (κ1) is 19.5. The van der Waals surface area contributed by atoms with Crippen LogP contribution >= 0.6 is 0 Å². The summed E-state index contributed by atoms with van der Waals surface area (Å²) in [7, 11) is 1.22. The van der Waals surface area contributed by atoms with E-state index >= 15 is 0 Å². The zero-order valence-electron chi connectivity index (χ0n) is 14.1. The first-order valence-electron chi connectivity index (χ1n) is 7.74. The fourth-order valence-electron chi connectivity index (χ4n) is 2.61. The number of nitrogens with zero attached hydrogens (tertiary/aromatic N) is 2. The Kier molecular flexibility index (Phi) is 4.88. The van der Waals surface area contributed by atoms with Crippen molar-refractivity contribution in [2.45, 2.75) is 6.18 Å². The summed E-state index contributed by atoms with van der Waals surface area (Å²) in [6.45, 7) is 0. The highest BCUT2D eigenvalue weighted by Gasteiger charge is 2.39. The minimum Gasteiger partial charge on any atom is -0.321 e. The molecule has 10 heteroatoms. The highest BCUT2D eigenvalue weighted by atomic mass is 19.4. The largest absolute Gasteiger partial charge is 0.435 e. The van der Waals surface area contributed by atoms with E-state index in [2.05, 4.69) is 10.4 Å². The maximum Gasteiger partial charge on any atom is 0.435 e. The summed E-state index contributed by atoms with van der Waals surface area (Å²) in [5.41, 5.74) is -2.62. The number of carbonyl (C=O) groups is 1. The van der Waals surface area contributed by atoms with Crippen molar-refractivity contribution in [3.05, 3.63) is 71.3 Å². The molecule has 0 spiro atoms. The number of carbonyl (C=O) groups excluding carboxylic acids is 1. The fourth-order valence-corrected chi connectivity index (χ4v) is 2.61. The van der Waals surface area contributed by atoms with Gasteiger partial charge in [0.2, 0.25) is 0 Å². The van der Waals surface area contributed by atoms with E-state index in [1.54, 1.807) is 0 Å². The van der Waals surface area contributed by atoms with E-state index in [1.807, 2.05) is 0 Å². The maximum atomic E-state index is 14.1. The predicted octanol–water partition coefficient (Wildman–Crippen LogP) is 4.78. The van der Waals surface area contributed by atoms with E-state index in [9.17, 15) is 31.1 Å². The van der Waals surface area contributed by atoms with E-state index in [0.29, 0.717) is 6.07 Å². The van der Waals surface area contributed by atoms with Crippen molar-refractivity contribution in [1.29, 1.82) is 0 Å². The number of nitrogens with one attached hydrogen (secondary N) is 1. The molecule has 0 aliphatic rings. The summed E-state index contributed by atoms with van der Waals surface area (Å²) in [4.78, 5) is 12.4. The van der Waals surface area contributed by atoms with Crippen LogP contribution in [-0.4, -0.2) is 15.7 Å². The number of amides is 1. The standard InChI is InChI=1S/C18H11F6N3O/c1-27-8-11(16(26-27)18(22,23)24)17(28)25-13-5-3-2-4-9(13)10-6-7-12(19)15(21)14(10)20/h2-8H,1H3,(H,25,28). The molecule has 0 atom stereocenters. The molecule has 146 valence electrons. The molecular weight excluding hydrogens is 388 g/mol. The molecule has 0 radical (unpaired) electrons. The second-order valence-electron chi connectivity index (χ2n) is 5.79. The van der Waals surface area contributed by atoms with Gasteiger partial charge in [-0.05, 0) is 18.2 Å². The molecular formula is C18H11F6N3O. The van der Waals surface area contributed by atoms with Gasteiger partial charge >= 0.3 is 6.18 Å². The number of rotatable bonds is 3. The Morgan fingerprint density at radius 2 is 1.68 bits per heavy atom. The van der Waals surface area contributed by atoms with Crippen LogP contribution in [-0.2, 0) is 13.2 Å². The fraction of sp³-hybridized carbons (Fsp3) is 0.111. The van der Waals surface area contributed by atoms with Gasteiger partial charge in [0, 0.05) is 30.1 Å². The van der Waals surface area contributed by atoms with Crippen molar-refractivity contribution in [3.63, 3.8) is 0 Å². The Labute approximate surface area is 154 Å². The van der Waals surface area contributed by atoms with Gasteiger partial charge < -0.3 is 5.32 Å². The summed E-state index contributed by atoms with van der Waals surface area (Å²) >= 11 is 0. The topological polar surface area (TPSA) is 46.9 Å². The molecule has 0 fully saturated rings. The first-order chi connectivity index (χ1) is 13.1. The van der Waals surface area contributed by atoms with Gasteiger partial charge in [-0.3, -0.25) is 9.48 Å². The number of halogens is 6. The second-order valence-corrected chi connectivity index (χ2v) is 5.79. The Morgan fingerprint density at radius 3 is 2.36 bits per heavy atom. The summed E-state index contributed by atoms with van der Waals surface area (Å²) in [6.07, 6.45) is -3.97. The molecule has 4 nitrogen and oxygen atoms in total. The third-order valence-corrected chi connectivity index (χ3v) is 3.84. The SMILES string of the molecule is Cn1cc(C(=O)Nc2ccccc2-c2ccc(F)c(F)c2F)c(C(F)(F)F)n1. The van der Waals surface area contributed by atoms with Gasteiger partial charge in [0.1, 0.15) is 0 Å². The monoisotopic (exact) mass is 399 g/mol. The summed E-state index contributed by atoms with van der Waals surface area (Å²) in [5.74, 6) is -5.73. The molecule has 1 aromatic heterocycles. The molecule has 2 aromatic carbocycles. The Balaban J connectivity index is 2.02. The lowest BCUT2D eigenvalue weighted by Gasteiger charge is -2.13. The predicted molar refractivity (Wildman–Crippen MR) is 87.9 cm³/mol. The number of aryl methyl sites for hydroxylation is 1. The van der Waals surface area contributed by atoms with E-state index in [0.717, 1.165) is 16.9 Å². The van der Waals surface area contributed by atoms with Crippen molar-refractivity contribution < 1.29 is 31.1 Å². The number of hydrogen-bond donors (Lipinski definition) is 1. The molecule has 3 aromatic rings. The average Bonchev–Trinajstić information content (AvgIpc) is 3.03. The summed E-state index contributed by atoms with van der Waals surface area (Å²) in [6, 6.07) is 7.14. The van der Waals surface area contributed by atoms with Crippen LogP contribution in [0.25, 0.3) is 11.1 Å². The van der Waals surface area contributed by atoms with E-state index in [1.165, 1.54) is 31.3 Å².